The summed E-state index contributed by atoms with van der Waals surface area (Å²) in [5.41, 5.74) is 1.22. The van der Waals surface area contributed by atoms with Gasteiger partial charge in [-0.2, -0.15) is 8.42 Å². The average Bonchev–Trinajstić information content (AvgIpc) is 3.42. The summed E-state index contributed by atoms with van der Waals surface area (Å²) in [4.78, 5) is 33.4. The highest BCUT2D eigenvalue weighted by molar-refractivity contribution is 7.87. The van der Waals surface area contributed by atoms with Crippen molar-refractivity contribution in [3.05, 3.63) is 30.5 Å². The molecule has 0 spiro atoms. The molecule has 33 heavy (non-hydrogen) atoms. The van der Waals surface area contributed by atoms with Gasteiger partial charge in [0.2, 0.25) is 17.8 Å². The lowest BCUT2D eigenvalue weighted by Gasteiger charge is -2.25. The first-order valence-corrected chi connectivity index (χ1v) is 12.5. The molecule has 4 N–H and O–H groups in total. The minimum atomic E-state index is -4.14. The highest BCUT2D eigenvalue weighted by Gasteiger charge is 2.30. The van der Waals surface area contributed by atoms with Crippen LogP contribution in [0.15, 0.2) is 39.9 Å². The second-order valence-corrected chi connectivity index (χ2v) is 9.58. The van der Waals surface area contributed by atoms with E-state index in [1.807, 2.05) is 0 Å². The Morgan fingerprint density at radius 1 is 1.15 bits per heavy atom. The van der Waals surface area contributed by atoms with Crippen LogP contribution in [-0.4, -0.2) is 68.2 Å². The molecular formula is C21H28N6O5S. The van der Waals surface area contributed by atoms with Gasteiger partial charge in [-0.25, -0.2) is 14.9 Å². The van der Waals surface area contributed by atoms with Gasteiger partial charge < -0.3 is 19.5 Å². The summed E-state index contributed by atoms with van der Waals surface area (Å²) < 4.78 is 30.9. The predicted molar refractivity (Wildman–Crippen MR) is 124 cm³/mol. The third kappa shape index (κ3) is 6.02. The molecule has 2 aliphatic rings. The Labute approximate surface area is 192 Å². The Balaban J connectivity index is 1.54. The van der Waals surface area contributed by atoms with Crippen LogP contribution >= 0.6 is 0 Å². The summed E-state index contributed by atoms with van der Waals surface area (Å²) in [6.45, 7) is 1.91. The topological polar surface area (TPSA) is 150 Å². The molecule has 1 aromatic heterocycles. The van der Waals surface area contributed by atoms with Crippen LogP contribution in [0.2, 0.25) is 0 Å². The van der Waals surface area contributed by atoms with Gasteiger partial charge in [-0.05, 0) is 56.4 Å². The van der Waals surface area contributed by atoms with E-state index in [-0.39, 0.29) is 24.3 Å². The van der Waals surface area contributed by atoms with Crippen molar-refractivity contribution in [1.82, 2.24) is 14.5 Å². The summed E-state index contributed by atoms with van der Waals surface area (Å²) >= 11 is 0. The minimum Gasteiger partial charge on any atom is -0.464 e. The van der Waals surface area contributed by atoms with E-state index in [1.54, 1.807) is 35.4 Å². The maximum atomic E-state index is 13.2. The molecule has 0 radical (unpaired) electrons. The molecule has 2 aliphatic heterocycles. The molecule has 0 aliphatic carbocycles. The number of hydrogen-bond donors (Lipinski definition) is 3. The van der Waals surface area contributed by atoms with Gasteiger partial charge in [-0.1, -0.05) is 0 Å². The van der Waals surface area contributed by atoms with E-state index in [4.69, 9.17) is 9.56 Å². The maximum Gasteiger partial charge on any atom is 0.298 e. The molecule has 1 aromatic carbocycles. The summed E-state index contributed by atoms with van der Waals surface area (Å²) in [5, 5.41) is 8.89. The van der Waals surface area contributed by atoms with Crippen LogP contribution in [0.5, 0.6) is 0 Å². The number of amides is 2. The molecule has 178 valence electrons. The van der Waals surface area contributed by atoms with Gasteiger partial charge in [0, 0.05) is 30.7 Å². The standard InChI is InChI=1S/C21H28N6O5S/c22-33(30,31)25-21(23-16-6-7-18-15(13-16)8-12-32-18)24-17-5-1-2-11-27(20(17)29)14-19(28)26-9-3-4-10-26/h6-8,12-13,17H,1-5,9-11,14H2,(H2,22,30,31)(H2,23,24,25). The zero-order valence-corrected chi connectivity index (χ0v) is 19.0. The van der Waals surface area contributed by atoms with Crippen molar-refractivity contribution in [2.24, 2.45) is 10.1 Å². The highest BCUT2D eigenvalue weighted by atomic mass is 32.2. The monoisotopic (exact) mass is 476 g/mol. The predicted octanol–water partition coefficient (Wildman–Crippen LogP) is 0.997. The number of benzene rings is 1. The van der Waals surface area contributed by atoms with Gasteiger partial charge >= 0.3 is 0 Å². The molecule has 4 rings (SSSR count). The quantitative estimate of drug-likeness (QED) is 0.433. The smallest absolute Gasteiger partial charge is 0.298 e. The van der Waals surface area contributed by atoms with E-state index in [1.165, 1.54) is 4.90 Å². The number of carbonyl (C=O) groups excluding carboxylic acids is 2. The number of furan rings is 1. The van der Waals surface area contributed by atoms with Gasteiger partial charge in [0.1, 0.15) is 11.6 Å². The minimum absolute atomic E-state index is 0.00733. The number of anilines is 1. The van der Waals surface area contributed by atoms with Crippen molar-refractivity contribution >= 4 is 44.6 Å². The van der Waals surface area contributed by atoms with Crippen molar-refractivity contribution in [2.75, 3.05) is 31.5 Å². The third-order valence-corrected chi connectivity index (χ3v) is 6.25. The van der Waals surface area contributed by atoms with E-state index in [9.17, 15) is 18.0 Å². The number of carbonyl (C=O) groups is 2. The van der Waals surface area contributed by atoms with Crippen molar-refractivity contribution in [1.29, 1.82) is 0 Å². The molecule has 1 unspecified atom stereocenters. The van der Waals surface area contributed by atoms with Crippen molar-refractivity contribution in [2.45, 2.75) is 38.1 Å². The van der Waals surface area contributed by atoms with Crippen LogP contribution in [-0.2, 0) is 19.8 Å². The SMILES string of the molecule is NS(=O)(=O)NC(=NC1CCCCN(CC(=O)N2CCCC2)C1=O)Nc1ccc2occc2c1. The second kappa shape index (κ2) is 9.79. The Morgan fingerprint density at radius 3 is 2.67 bits per heavy atom. The average molecular weight is 477 g/mol. The number of guanidine groups is 1. The van der Waals surface area contributed by atoms with E-state index in [2.05, 4.69) is 15.0 Å². The first kappa shape index (κ1) is 23.1. The molecule has 12 heteroatoms. The Bertz CT molecular complexity index is 1150. The molecule has 1 atom stereocenters. The lowest BCUT2D eigenvalue weighted by molar-refractivity contribution is -0.140. The molecule has 2 fully saturated rings. The maximum absolute atomic E-state index is 13.2. The van der Waals surface area contributed by atoms with E-state index in [0.29, 0.717) is 24.2 Å². The largest absolute Gasteiger partial charge is 0.464 e. The zero-order valence-electron chi connectivity index (χ0n) is 18.2. The second-order valence-electron chi connectivity index (χ2n) is 8.28. The molecule has 2 amide bonds. The first-order valence-electron chi connectivity index (χ1n) is 11.0. The normalized spacial score (nSPS) is 20.2. The molecule has 0 bridgehead atoms. The van der Waals surface area contributed by atoms with E-state index < -0.39 is 16.3 Å². The van der Waals surface area contributed by atoms with Crippen LogP contribution in [0.25, 0.3) is 11.0 Å². The Hall–Kier alpha value is -3.12. The van der Waals surface area contributed by atoms with Gasteiger partial charge in [0.15, 0.2) is 0 Å². The van der Waals surface area contributed by atoms with Gasteiger partial charge in [0.05, 0.1) is 12.8 Å². The number of nitrogens with zero attached hydrogens (tertiary/aromatic N) is 3. The number of rotatable bonds is 5. The molecular weight excluding hydrogens is 448 g/mol. The fraction of sp³-hybridized carbons (Fsp3) is 0.476. The van der Waals surface area contributed by atoms with Crippen LogP contribution in [0.4, 0.5) is 5.69 Å². The molecule has 2 saturated heterocycles. The van der Waals surface area contributed by atoms with Gasteiger partial charge in [-0.15, -0.1) is 0 Å². The number of hydrogen-bond acceptors (Lipinski definition) is 6. The fourth-order valence-corrected chi connectivity index (χ4v) is 4.52. The number of nitrogens with one attached hydrogen (secondary N) is 2. The molecule has 2 aromatic rings. The summed E-state index contributed by atoms with van der Waals surface area (Å²) in [7, 11) is -4.14. The summed E-state index contributed by atoms with van der Waals surface area (Å²) in [6, 6.07) is 6.12. The third-order valence-electron chi connectivity index (χ3n) is 5.78. The molecule has 0 saturated carbocycles. The van der Waals surface area contributed by atoms with Crippen LogP contribution < -0.4 is 15.2 Å². The number of aliphatic imine (C=N–C) groups is 1. The van der Waals surface area contributed by atoms with Crippen molar-refractivity contribution in [3.63, 3.8) is 0 Å². The highest BCUT2D eigenvalue weighted by Crippen LogP contribution is 2.21. The van der Waals surface area contributed by atoms with Crippen LogP contribution in [0, 0.1) is 0 Å². The number of nitrogens with two attached hydrogens (primary N) is 1. The lowest BCUT2D eigenvalue weighted by Crippen LogP contribution is -2.46. The van der Waals surface area contributed by atoms with E-state index in [0.717, 1.165) is 44.2 Å². The van der Waals surface area contributed by atoms with E-state index >= 15 is 0 Å². The Morgan fingerprint density at radius 2 is 1.91 bits per heavy atom. The molecule has 3 heterocycles. The van der Waals surface area contributed by atoms with Crippen molar-refractivity contribution < 1.29 is 22.4 Å². The zero-order chi connectivity index (χ0) is 23.4. The molecule has 11 nitrogen and oxygen atoms in total. The van der Waals surface area contributed by atoms with Crippen LogP contribution in [0.3, 0.4) is 0 Å². The fourth-order valence-electron chi connectivity index (χ4n) is 4.15. The summed E-state index contributed by atoms with van der Waals surface area (Å²) in [6.07, 6.45) is 5.40. The van der Waals surface area contributed by atoms with Gasteiger partial charge in [-0.3, -0.25) is 9.59 Å². The lowest BCUT2D eigenvalue weighted by atomic mass is 10.1. The number of likely N-dealkylation sites (tertiary alicyclic amines) is 2. The van der Waals surface area contributed by atoms with Crippen LogP contribution in [0.1, 0.15) is 32.1 Å². The first-order chi connectivity index (χ1) is 15.8. The van der Waals surface area contributed by atoms with Crippen molar-refractivity contribution in [3.8, 4) is 0 Å². The number of fused-ring (bicyclic) bond motifs is 1. The Kier molecular flexibility index (Phi) is 6.84. The van der Waals surface area contributed by atoms with Gasteiger partial charge in [0.25, 0.3) is 10.2 Å². The summed E-state index contributed by atoms with van der Waals surface area (Å²) in [5.74, 6) is -0.535.